The van der Waals surface area contributed by atoms with Crippen LogP contribution in [-0.4, -0.2) is 11.8 Å². The highest BCUT2D eigenvalue weighted by molar-refractivity contribution is 8.02. The highest BCUT2D eigenvalue weighted by Gasteiger charge is 2.24. The van der Waals surface area contributed by atoms with E-state index in [0.29, 0.717) is 5.69 Å². The number of para-hydroxylation sites is 1. The van der Waals surface area contributed by atoms with Crippen LogP contribution in [0.15, 0.2) is 86.3 Å². The molecule has 2 amide bonds. The summed E-state index contributed by atoms with van der Waals surface area (Å²) in [5, 5.41) is 2.82. The Bertz CT molecular complexity index is 1080. The van der Waals surface area contributed by atoms with Crippen molar-refractivity contribution in [2.75, 3.05) is 10.2 Å². The molecule has 0 aromatic heterocycles. The van der Waals surface area contributed by atoms with Gasteiger partial charge in [0.25, 0.3) is 0 Å². The van der Waals surface area contributed by atoms with Gasteiger partial charge in [-0.3, -0.25) is 14.5 Å². The summed E-state index contributed by atoms with van der Waals surface area (Å²) in [7, 11) is 0. The van der Waals surface area contributed by atoms with E-state index in [2.05, 4.69) is 17.4 Å². The molecule has 0 unspecified atom stereocenters. The first-order valence-corrected chi connectivity index (χ1v) is 10.4. The summed E-state index contributed by atoms with van der Waals surface area (Å²) in [5.41, 5.74) is 2.25. The number of rotatable bonds is 1. The Labute approximate surface area is 172 Å². The second-order valence-electron chi connectivity index (χ2n) is 6.34. The highest BCUT2D eigenvalue weighted by atomic mass is 32.2. The second-order valence-corrected chi connectivity index (χ2v) is 8.50. The van der Waals surface area contributed by atoms with Gasteiger partial charge in [0, 0.05) is 39.1 Å². The Kier molecular flexibility index (Phi) is 5.15. The molecule has 3 aromatic rings. The number of carbonyl (C=O) groups is 2. The molecule has 6 heteroatoms. The summed E-state index contributed by atoms with van der Waals surface area (Å²) >= 11 is 3.27. The van der Waals surface area contributed by atoms with Crippen LogP contribution in [0, 0.1) is 0 Å². The Morgan fingerprint density at radius 1 is 0.750 bits per heavy atom. The molecule has 140 valence electrons. The number of amides is 2. The zero-order chi connectivity index (χ0) is 19.7. The topological polar surface area (TPSA) is 49.4 Å². The quantitative estimate of drug-likeness (QED) is 0.543. The molecule has 1 N–H and O–H groups in total. The number of nitrogens with one attached hydrogen (secondary N) is 1. The van der Waals surface area contributed by atoms with Gasteiger partial charge in [0.15, 0.2) is 0 Å². The third-order valence-electron chi connectivity index (χ3n) is 4.23. The van der Waals surface area contributed by atoms with Crippen molar-refractivity contribution in [2.45, 2.75) is 33.4 Å². The maximum atomic E-state index is 12.7. The molecule has 0 aliphatic carbocycles. The fourth-order valence-corrected chi connectivity index (χ4v) is 5.27. The lowest BCUT2D eigenvalue weighted by atomic mass is 10.2. The molecule has 0 fully saturated rings. The number of nitrogens with zero attached hydrogens (tertiary/aromatic N) is 1. The van der Waals surface area contributed by atoms with Gasteiger partial charge in [0.1, 0.15) is 0 Å². The van der Waals surface area contributed by atoms with Gasteiger partial charge in [-0.2, -0.15) is 0 Å². The molecule has 0 spiro atoms. The predicted molar refractivity (Wildman–Crippen MR) is 115 cm³/mol. The molecular weight excluding hydrogens is 388 g/mol. The first kappa shape index (κ1) is 18.7. The lowest BCUT2D eigenvalue weighted by Crippen LogP contribution is -2.24. The fourth-order valence-electron chi connectivity index (χ4n) is 3.11. The molecule has 1 heterocycles. The summed E-state index contributed by atoms with van der Waals surface area (Å²) in [6.07, 6.45) is 0. The van der Waals surface area contributed by atoms with Gasteiger partial charge in [0.05, 0.1) is 11.4 Å². The number of anilines is 3. The Balaban J connectivity index is 1.99. The van der Waals surface area contributed by atoms with Crippen molar-refractivity contribution < 1.29 is 9.59 Å². The monoisotopic (exact) mass is 406 g/mol. The molecule has 1 aliphatic rings. The molecule has 3 aromatic carbocycles. The zero-order valence-corrected chi connectivity index (χ0v) is 17.1. The average Bonchev–Trinajstić information content (AvgIpc) is 2.71. The Morgan fingerprint density at radius 2 is 1.32 bits per heavy atom. The van der Waals surface area contributed by atoms with Crippen LogP contribution in [0.3, 0.4) is 0 Å². The third kappa shape index (κ3) is 3.66. The summed E-state index contributed by atoms with van der Waals surface area (Å²) in [5.74, 6) is -0.229. The van der Waals surface area contributed by atoms with E-state index in [-0.39, 0.29) is 11.8 Å². The maximum absolute atomic E-state index is 12.7. The molecule has 28 heavy (non-hydrogen) atoms. The van der Waals surface area contributed by atoms with Crippen LogP contribution in [0.4, 0.5) is 17.1 Å². The van der Waals surface area contributed by atoms with Gasteiger partial charge in [-0.05, 0) is 42.5 Å². The van der Waals surface area contributed by atoms with Crippen LogP contribution in [-0.2, 0) is 9.59 Å². The van der Waals surface area contributed by atoms with Crippen LogP contribution < -0.4 is 10.2 Å². The van der Waals surface area contributed by atoms with Crippen molar-refractivity contribution in [1.29, 1.82) is 0 Å². The van der Waals surface area contributed by atoms with Gasteiger partial charge in [-0.15, -0.1) is 0 Å². The standard InChI is InChI=1S/C22H18N2O2S2/c1-14(25)23-16-11-12-20-18(13-16)24(15(2)26)17-7-3-4-8-19(17)27-21-9-5-6-10-22(21)28-20/h3-13H,1-2H3,(H,23,25). The molecule has 0 atom stereocenters. The number of carbonyl (C=O) groups excluding carboxylic acids is 2. The summed E-state index contributed by atoms with van der Waals surface area (Å²) in [4.78, 5) is 30.2. The van der Waals surface area contributed by atoms with Crippen molar-refractivity contribution in [2.24, 2.45) is 0 Å². The lowest BCUT2D eigenvalue weighted by molar-refractivity contribution is -0.116. The molecule has 1 aliphatic heterocycles. The van der Waals surface area contributed by atoms with E-state index in [1.165, 1.54) is 6.92 Å². The van der Waals surface area contributed by atoms with Crippen molar-refractivity contribution in [3.8, 4) is 0 Å². The van der Waals surface area contributed by atoms with E-state index in [1.807, 2.05) is 54.6 Å². The van der Waals surface area contributed by atoms with E-state index in [9.17, 15) is 9.59 Å². The fraction of sp³-hybridized carbons (Fsp3) is 0.0909. The van der Waals surface area contributed by atoms with Gasteiger partial charge >= 0.3 is 0 Å². The van der Waals surface area contributed by atoms with Crippen LogP contribution in [0.1, 0.15) is 13.8 Å². The van der Waals surface area contributed by atoms with Gasteiger partial charge in [0.2, 0.25) is 11.8 Å². The summed E-state index contributed by atoms with van der Waals surface area (Å²) in [6, 6.07) is 21.8. The number of benzene rings is 3. The van der Waals surface area contributed by atoms with Crippen molar-refractivity contribution >= 4 is 52.4 Å². The van der Waals surface area contributed by atoms with Crippen LogP contribution >= 0.6 is 23.5 Å². The molecular formula is C22H18N2O2S2. The third-order valence-corrected chi connectivity index (χ3v) is 6.64. The number of fused-ring (bicyclic) bond motifs is 3. The smallest absolute Gasteiger partial charge is 0.228 e. The van der Waals surface area contributed by atoms with Crippen molar-refractivity contribution in [1.82, 2.24) is 0 Å². The number of hydrogen-bond donors (Lipinski definition) is 1. The maximum Gasteiger partial charge on any atom is 0.228 e. The largest absolute Gasteiger partial charge is 0.326 e. The first-order chi connectivity index (χ1) is 13.5. The van der Waals surface area contributed by atoms with Crippen molar-refractivity contribution in [3.63, 3.8) is 0 Å². The minimum absolute atomic E-state index is 0.0826. The highest BCUT2D eigenvalue weighted by Crippen LogP contribution is 2.49. The van der Waals surface area contributed by atoms with E-state index in [1.54, 1.807) is 35.3 Å². The Morgan fingerprint density at radius 3 is 1.93 bits per heavy atom. The lowest BCUT2D eigenvalue weighted by Gasteiger charge is -2.25. The Hall–Kier alpha value is -2.70. The summed E-state index contributed by atoms with van der Waals surface area (Å²) in [6.45, 7) is 3.04. The second kappa shape index (κ2) is 7.73. The zero-order valence-electron chi connectivity index (χ0n) is 15.4. The molecule has 0 saturated carbocycles. The molecule has 0 bridgehead atoms. The van der Waals surface area contributed by atoms with Crippen molar-refractivity contribution in [3.05, 3.63) is 66.7 Å². The molecule has 4 rings (SSSR count). The van der Waals surface area contributed by atoms with E-state index in [4.69, 9.17) is 0 Å². The number of hydrogen-bond acceptors (Lipinski definition) is 4. The van der Waals surface area contributed by atoms with Gasteiger partial charge in [-0.25, -0.2) is 0 Å². The normalized spacial score (nSPS) is 12.6. The average molecular weight is 407 g/mol. The molecule has 0 saturated heterocycles. The summed E-state index contributed by atoms with van der Waals surface area (Å²) < 4.78 is 0. The first-order valence-electron chi connectivity index (χ1n) is 8.79. The van der Waals surface area contributed by atoms with E-state index >= 15 is 0 Å². The molecule has 0 radical (unpaired) electrons. The minimum atomic E-state index is -0.147. The molecule has 4 nitrogen and oxygen atoms in total. The van der Waals surface area contributed by atoms with Gasteiger partial charge < -0.3 is 5.32 Å². The SMILES string of the molecule is CC(=O)Nc1ccc2c(c1)N(C(C)=O)c1ccccc1Sc1ccccc1S2. The van der Waals surface area contributed by atoms with Crippen LogP contribution in [0.5, 0.6) is 0 Å². The minimum Gasteiger partial charge on any atom is -0.326 e. The van der Waals surface area contributed by atoms with E-state index in [0.717, 1.165) is 31.0 Å². The van der Waals surface area contributed by atoms with Crippen LogP contribution in [0.2, 0.25) is 0 Å². The van der Waals surface area contributed by atoms with E-state index < -0.39 is 0 Å². The van der Waals surface area contributed by atoms with Gasteiger partial charge in [-0.1, -0.05) is 47.8 Å². The van der Waals surface area contributed by atoms with Crippen LogP contribution in [0.25, 0.3) is 0 Å². The predicted octanol–water partition coefficient (Wildman–Crippen LogP) is 5.95.